The van der Waals surface area contributed by atoms with Crippen molar-refractivity contribution in [3.63, 3.8) is 0 Å². The number of rotatable bonds is 6. The quantitative estimate of drug-likeness (QED) is 0.279. The second-order valence-corrected chi connectivity index (χ2v) is 3.13. The first-order valence-electron chi connectivity index (χ1n) is 5.67. The second-order valence-electron chi connectivity index (χ2n) is 3.13. The molecular weight excluding hydrogens is 316 g/mol. The van der Waals surface area contributed by atoms with Crippen molar-refractivity contribution in [3.05, 3.63) is 38.0 Å². The summed E-state index contributed by atoms with van der Waals surface area (Å²) in [5.74, 6) is -2.94. The standard InChI is InChI=1S/C4H10O4.3C3H4O2/c5-1-3(7)4(8)2-6;3*1-2-3(4)5/h3-8H,1-2H2;3*2H,1H2,(H,4,5)/t3-,4-;;;/m1.../s1. The fourth-order valence-corrected chi connectivity index (χ4v) is 0.243. The lowest BCUT2D eigenvalue weighted by atomic mass is 10.2. The fourth-order valence-electron chi connectivity index (χ4n) is 0.243. The van der Waals surface area contributed by atoms with Crippen LogP contribution >= 0.6 is 0 Å². The number of carboxylic acids is 3. The molecule has 0 rings (SSSR count). The molecule has 0 aliphatic heterocycles. The van der Waals surface area contributed by atoms with Crippen LogP contribution in [0.1, 0.15) is 0 Å². The van der Waals surface area contributed by atoms with E-state index in [1.165, 1.54) is 0 Å². The number of carboxylic acid groups (broad SMARTS) is 3. The van der Waals surface area contributed by atoms with Gasteiger partial charge in [-0.1, -0.05) is 19.7 Å². The predicted molar refractivity (Wildman–Crippen MR) is 79.7 cm³/mol. The summed E-state index contributed by atoms with van der Waals surface area (Å²) in [6.07, 6.45) is 0.0556. The molecule has 23 heavy (non-hydrogen) atoms. The molecule has 0 saturated carbocycles. The van der Waals surface area contributed by atoms with Gasteiger partial charge in [-0.2, -0.15) is 0 Å². The Balaban J connectivity index is -0.000000108. The highest BCUT2D eigenvalue weighted by Crippen LogP contribution is 1.88. The summed E-state index contributed by atoms with van der Waals surface area (Å²) < 4.78 is 0. The van der Waals surface area contributed by atoms with Gasteiger partial charge in [-0.15, -0.1) is 0 Å². The topological polar surface area (TPSA) is 193 Å². The Kier molecular flexibility index (Phi) is 27.1. The van der Waals surface area contributed by atoms with Gasteiger partial charge in [0.25, 0.3) is 0 Å². The summed E-state index contributed by atoms with van der Waals surface area (Å²) in [6.45, 7) is 7.83. The maximum absolute atomic E-state index is 9.25. The summed E-state index contributed by atoms with van der Waals surface area (Å²) >= 11 is 0. The van der Waals surface area contributed by atoms with Gasteiger partial charge in [0.2, 0.25) is 0 Å². The van der Waals surface area contributed by atoms with Crippen molar-refractivity contribution in [2.24, 2.45) is 0 Å². The number of hydrogen-bond donors (Lipinski definition) is 7. The van der Waals surface area contributed by atoms with E-state index in [0.717, 1.165) is 18.2 Å². The van der Waals surface area contributed by atoms with Gasteiger partial charge in [0, 0.05) is 18.2 Å². The third kappa shape index (κ3) is 45.2. The minimum Gasteiger partial charge on any atom is -0.478 e. The summed E-state index contributed by atoms with van der Waals surface area (Å²) in [7, 11) is 0. The van der Waals surface area contributed by atoms with Gasteiger partial charge in [-0.3, -0.25) is 0 Å². The van der Waals surface area contributed by atoms with E-state index in [1.807, 2.05) is 0 Å². The van der Waals surface area contributed by atoms with Gasteiger partial charge in [-0.25, -0.2) is 14.4 Å². The average Bonchev–Trinajstić information content (AvgIpc) is 2.54. The Bertz CT molecular complexity index is 313. The van der Waals surface area contributed by atoms with E-state index in [1.54, 1.807) is 0 Å². The Morgan fingerprint density at radius 2 is 0.826 bits per heavy atom. The zero-order valence-corrected chi connectivity index (χ0v) is 12.3. The molecule has 0 fully saturated rings. The molecule has 0 bridgehead atoms. The van der Waals surface area contributed by atoms with Gasteiger partial charge in [0.1, 0.15) is 12.2 Å². The molecule has 0 aromatic heterocycles. The van der Waals surface area contributed by atoms with Gasteiger partial charge in [-0.05, 0) is 0 Å². The summed E-state index contributed by atoms with van der Waals surface area (Å²) in [5.41, 5.74) is 0. The minimum atomic E-state index is -1.22. The molecule has 0 saturated heterocycles. The second kappa shape index (κ2) is 21.8. The zero-order valence-electron chi connectivity index (χ0n) is 12.3. The molecule has 10 nitrogen and oxygen atoms in total. The van der Waals surface area contributed by atoms with E-state index >= 15 is 0 Å². The van der Waals surface area contributed by atoms with Crippen molar-refractivity contribution in [2.45, 2.75) is 12.2 Å². The third-order valence-corrected chi connectivity index (χ3v) is 1.34. The molecule has 0 aromatic carbocycles. The van der Waals surface area contributed by atoms with Crippen LogP contribution in [0.25, 0.3) is 0 Å². The minimum absolute atomic E-state index is 0.526. The monoisotopic (exact) mass is 338 g/mol. The van der Waals surface area contributed by atoms with Crippen molar-refractivity contribution in [1.82, 2.24) is 0 Å². The maximum atomic E-state index is 9.25. The lowest BCUT2D eigenvalue weighted by molar-refractivity contribution is -0.132. The number of aliphatic carboxylic acids is 3. The number of aliphatic hydroxyl groups excluding tert-OH is 4. The Morgan fingerprint density at radius 1 is 0.696 bits per heavy atom. The summed E-state index contributed by atoms with van der Waals surface area (Å²) in [6, 6.07) is 0. The van der Waals surface area contributed by atoms with Crippen LogP contribution < -0.4 is 0 Å². The maximum Gasteiger partial charge on any atom is 0.327 e. The van der Waals surface area contributed by atoms with E-state index < -0.39 is 43.3 Å². The average molecular weight is 338 g/mol. The lowest BCUT2D eigenvalue weighted by Gasteiger charge is -2.10. The summed E-state index contributed by atoms with van der Waals surface area (Å²) in [4.78, 5) is 27.8. The third-order valence-electron chi connectivity index (χ3n) is 1.34. The predicted octanol–water partition coefficient (Wildman–Crippen LogP) is -1.54. The molecular formula is C13H22O10. The van der Waals surface area contributed by atoms with Crippen molar-refractivity contribution in [1.29, 1.82) is 0 Å². The van der Waals surface area contributed by atoms with Gasteiger partial charge >= 0.3 is 17.9 Å². The lowest BCUT2D eigenvalue weighted by Crippen LogP contribution is -2.31. The van der Waals surface area contributed by atoms with Crippen molar-refractivity contribution in [2.75, 3.05) is 13.2 Å². The van der Waals surface area contributed by atoms with Crippen molar-refractivity contribution < 1.29 is 50.1 Å². The largest absolute Gasteiger partial charge is 0.478 e. The van der Waals surface area contributed by atoms with Crippen molar-refractivity contribution in [3.8, 4) is 0 Å². The van der Waals surface area contributed by atoms with Gasteiger partial charge in [0.05, 0.1) is 13.2 Å². The SMILES string of the molecule is C=CC(=O)O.C=CC(=O)O.C=CC(=O)O.OC[C@@H](O)[C@H](O)CO. The first-order chi connectivity index (χ1) is 10.5. The molecule has 10 heteroatoms. The van der Waals surface area contributed by atoms with Crippen LogP contribution in [0.15, 0.2) is 38.0 Å². The number of aliphatic hydroxyl groups is 4. The number of hydrogen-bond acceptors (Lipinski definition) is 7. The van der Waals surface area contributed by atoms with Crippen LogP contribution in [0.5, 0.6) is 0 Å². The van der Waals surface area contributed by atoms with Crippen LogP contribution in [0, 0.1) is 0 Å². The molecule has 0 heterocycles. The van der Waals surface area contributed by atoms with E-state index in [2.05, 4.69) is 19.7 Å². The fraction of sp³-hybridized carbons (Fsp3) is 0.308. The van der Waals surface area contributed by atoms with Gasteiger partial charge < -0.3 is 35.7 Å². The Labute approximate surface area is 132 Å². The Hall–Kier alpha value is -2.53. The first kappa shape index (κ1) is 28.6. The smallest absolute Gasteiger partial charge is 0.327 e. The van der Waals surface area contributed by atoms with E-state index in [-0.39, 0.29) is 0 Å². The highest BCUT2D eigenvalue weighted by molar-refractivity contribution is 5.79. The molecule has 0 aromatic rings. The summed E-state index contributed by atoms with van der Waals surface area (Å²) in [5, 5.41) is 56.0. The molecule has 7 N–H and O–H groups in total. The van der Waals surface area contributed by atoms with E-state index in [9.17, 15) is 14.4 Å². The molecule has 0 spiro atoms. The van der Waals surface area contributed by atoms with Crippen LogP contribution in [0.3, 0.4) is 0 Å². The van der Waals surface area contributed by atoms with Gasteiger partial charge in [0.15, 0.2) is 0 Å². The van der Waals surface area contributed by atoms with Crippen LogP contribution in [0.4, 0.5) is 0 Å². The van der Waals surface area contributed by atoms with E-state index in [4.69, 9.17) is 35.7 Å². The Morgan fingerprint density at radius 3 is 0.870 bits per heavy atom. The van der Waals surface area contributed by atoms with Crippen molar-refractivity contribution >= 4 is 17.9 Å². The zero-order chi connectivity index (χ0) is 19.4. The van der Waals surface area contributed by atoms with Crippen LogP contribution in [-0.2, 0) is 14.4 Å². The normalized spacial score (nSPS) is 10.4. The molecule has 0 aliphatic carbocycles. The molecule has 0 unspecified atom stereocenters. The molecule has 134 valence electrons. The molecule has 0 aliphatic rings. The van der Waals surface area contributed by atoms with Crippen LogP contribution in [0.2, 0.25) is 0 Å². The molecule has 0 radical (unpaired) electrons. The number of carbonyl (C=O) groups is 3. The van der Waals surface area contributed by atoms with Crippen LogP contribution in [-0.4, -0.2) is 79.1 Å². The first-order valence-corrected chi connectivity index (χ1v) is 5.67. The molecule has 0 amide bonds. The highest BCUT2D eigenvalue weighted by Gasteiger charge is 2.12. The van der Waals surface area contributed by atoms with E-state index in [0.29, 0.717) is 0 Å². The molecule has 2 atom stereocenters. The highest BCUT2D eigenvalue weighted by atomic mass is 16.4.